The van der Waals surface area contributed by atoms with Crippen LogP contribution in [0.3, 0.4) is 0 Å². The fraction of sp³-hybridized carbons (Fsp3) is 0.188. The molecule has 2 nitrogen and oxygen atoms in total. The number of nitrogens with zero attached hydrogens (tertiary/aromatic N) is 2. The quantitative estimate of drug-likeness (QED) is 0.800. The monoisotopic (exact) mass is 236 g/mol. The molecule has 0 atom stereocenters. The highest BCUT2D eigenvalue weighted by Crippen LogP contribution is 2.12. The first kappa shape index (κ1) is 11.2. The summed E-state index contributed by atoms with van der Waals surface area (Å²) in [5.41, 5.74) is 3.79. The second kappa shape index (κ2) is 5.15. The predicted molar refractivity (Wildman–Crippen MR) is 74.7 cm³/mol. The highest BCUT2D eigenvalue weighted by molar-refractivity contribution is 6.02. The Hall–Kier alpha value is -1.93. The molecule has 0 aliphatic carbocycles. The van der Waals surface area contributed by atoms with E-state index in [0.29, 0.717) is 0 Å². The standard InChI is InChI=1S/C16H16N2/c1-3-7-14(8-4-1)11-18-12-16(17-13-18)15-9-5-2-6-10-15/h1-10H,11-13H2. The summed E-state index contributed by atoms with van der Waals surface area (Å²) in [5.74, 6) is 0. The molecule has 0 spiro atoms. The van der Waals surface area contributed by atoms with Crippen molar-refractivity contribution < 1.29 is 0 Å². The number of rotatable bonds is 3. The van der Waals surface area contributed by atoms with E-state index in [-0.39, 0.29) is 0 Å². The van der Waals surface area contributed by atoms with E-state index in [1.807, 2.05) is 6.07 Å². The predicted octanol–water partition coefficient (Wildman–Crippen LogP) is 2.95. The Morgan fingerprint density at radius 2 is 1.56 bits per heavy atom. The summed E-state index contributed by atoms with van der Waals surface area (Å²) >= 11 is 0. The van der Waals surface area contributed by atoms with Crippen LogP contribution in [0.15, 0.2) is 65.7 Å². The van der Waals surface area contributed by atoms with E-state index in [2.05, 4.69) is 64.5 Å². The van der Waals surface area contributed by atoms with Crippen molar-refractivity contribution in [3.8, 4) is 0 Å². The molecule has 1 aliphatic rings. The van der Waals surface area contributed by atoms with Gasteiger partial charge < -0.3 is 0 Å². The number of benzene rings is 2. The molecule has 2 aromatic rings. The van der Waals surface area contributed by atoms with Gasteiger partial charge in [-0.15, -0.1) is 0 Å². The molecule has 2 heteroatoms. The van der Waals surface area contributed by atoms with Crippen LogP contribution in [-0.2, 0) is 6.54 Å². The molecule has 0 bridgehead atoms. The molecule has 0 unspecified atom stereocenters. The van der Waals surface area contributed by atoms with E-state index in [9.17, 15) is 0 Å². The van der Waals surface area contributed by atoms with Crippen LogP contribution in [0.25, 0.3) is 0 Å². The van der Waals surface area contributed by atoms with Crippen LogP contribution in [0.5, 0.6) is 0 Å². The van der Waals surface area contributed by atoms with Crippen LogP contribution in [0.1, 0.15) is 11.1 Å². The van der Waals surface area contributed by atoms with E-state index >= 15 is 0 Å². The number of aliphatic imine (C=N–C) groups is 1. The molecule has 0 fully saturated rings. The van der Waals surface area contributed by atoms with Crippen molar-refractivity contribution in [2.45, 2.75) is 6.54 Å². The minimum atomic E-state index is 0.805. The molecule has 0 amide bonds. The van der Waals surface area contributed by atoms with Gasteiger partial charge in [0.25, 0.3) is 0 Å². The lowest BCUT2D eigenvalue weighted by atomic mass is 10.1. The minimum Gasteiger partial charge on any atom is -0.274 e. The summed E-state index contributed by atoms with van der Waals surface area (Å²) < 4.78 is 0. The third kappa shape index (κ3) is 2.49. The van der Waals surface area contributed by atoms with Crippen LogP contribution < -0.4 is 0 Å². The molecular formula is C16H16N2. The van der Waals surface area contributed by atoms with Gasteiger partial charge in [0.15, 0.2) is 0 Å². The Bertz CT molecular complexity index is 532. The van der Waals surface area contributed by atoms with Crippen molar-refractivity contribution in [3.05, 3.63) is 71.8 Å². The second-order valence-electron chi connectivity index (χ2n) is 4.58. The SMILES string of the molecule is c1ccc(CN2CN=C(c3ccccc3)C2)cc1. The van der Waals surface area contributed by atoms with Gasteiger partial charge in [-0.25, -0.2) is 0 Å². The molecule has 0 radical (unpaired) electrons. The van der Waals surface area contributed by atoms with Crippen molar-refractivity contribution >= 4 is 5.71 Å². The van der Waals surface area contributed by atoms with Crippen LogP contribution in [0.4, 0.5) is 0 Å². The van der Waals surface area contributed by atoms with Gasteiger partial charge in [-0.05, 0) is 11.1 Å². The van der Waals surface area contributed by atoms with E-state index < -0.39 is 0 Å². The fourth-order valence-corrected chi connectivity index (χ4v) is 2.26. The summed E-state index contributed by atoms with van der Waals surface area (Å²) in [6.07, 6.45) is 0. The third-order valence-corrected chi connectivity index (χ3v) is 3.19. The largest absolute Gasteiger partial charge is 0.274 e. The average Bonchev–Trinajstić information content (AvgIpc) is 2.89. The molecule has 0 N–H and O–H groups in total. The van der Waals surface area contributed by atoms with E-state index in [1.165, 1.54) is 16.8 Å². The second-order valence-corrected chi connectivity index (χ2v) is 4.58. The first-order valence-electron chi connectivity index (χ1n) is 6.27. The summed E-state index contributed by atoms with van der Waals surface area (Å²) in [5, 5.41) is 0. The minimum absolute atomic E-state index is 0.805. The van der Waals surface area contributed by atoms with Crippen molar-refractivity contribution in [1.29, 1.82) is 0 Å². The van der Waals surface area contributed by atoms with Crippen LogP contribution >= 0.6 is 0 Å². The lowest BCUT2D eigenvalue weighted by Gasteiger charge is -2.14. The maximum absolute atomic E-state index is 4.63. The van der Waals surface area contributed by atoms with Gasteiger partial charge in [-0.1, -0.05) is 60.7 Å². The van der Waals surface area contributed by atoms with Gasteiger partial charge in [0.2, 0.25) is 0 Å². The third-order valence-electron chi connectivity index (χ3n) is 3.19. The zero-order valence-electron chi connectivity index (χ0n) is 10.3. The molecule has 18 heavy (non-hydrogen) atoms. The van der Waals surface area contributed by atoms with Gasteiger partial charge in [0.05, 0.1) is 12.4 Å². The molecule has 0 saturated heterocycles. The van der Waals surface area contributed by atoms with Crippen LogP contribution in [0, 0.1) is 0 Å². The number of hydrogen-bond acceptors (Lipinski definition) is 2. The normalized spacial score (nSPS) is 15.7. The van der Waals surface area contributed by atoms with E-state index in [0.717, 1.165) is 19.8 Å². The van der Waals surface area contributed by atoms with Gasteiger partial charge in [0, 0.05) is 13.1 Å². The molecular weight excluding hydrogens is 220 g/mol. The lowest BCUT2D eigenvalue weighted by molar-refractivity contribution is 0.335. The molecule has 1 aliphatic heterocycles. The maximum Gasteiger partial charge on any atom is 0.0919 e. The fourth-order valence-electron chi connectivity index (χ4n) is 2.26. The Labute approximate surface area is 108 Å². The van der Waals surface area contributed by atoms with Gasteiger partial charge in [0.1, 0.15) is 0 Å². The molecule has 2 aromatic carbocycles. The molecule has 0 saturated carbocycles. The van der Waals surface area contributed by atoms with E-state index in [4.69, 9.17) is 0 Å². The summed E-state index contributed by atoms with van der Waals surface area (Å²) in [4.78, 5) is 6.98. The van der Waals surface area contributed by atoms with Gasteiger partial charge in [-0.2, -0.15) is 0 Å². The first-order chi connectivity index (χ1) is 8.92. The Morgan fingerprint density at radius 3 is 2.28 bits per heavy atom. The Morgan fingerprint density at radius 1 is 0.889 bits per heavy atom. The van der Waals surface area contributed by atoms with Crippen molar-refractivity contribution in [2.24, 2.45) is 4.99 Å². The van der Waals surface area contributed by atoms with Crippen LogP contribution in [-0.4, -0.2) is 23.8 Å². The van der Waals surface area contributed by atoms with Crippen molar-refractivity contribution in [1.82, 2.24) is 4.90 Å². The Kier molecular flexibility index (Phi) is 3.20. The Balaban J connectivity index is 1.65. The molecule has 0 aromatic heterocycles. The number of hydrogen-bond donors (Lipinski definition) is 0. The smallest absolute Gasteiger partial charge is 0.0919 e. The van der Waals surface area contributed by atoms with E-state index in [1.54, 1.807) is 0 Å². The summed E-state index contributed by atoms with van der Waals surface area (Å²) in [7, 11) is 0. The van der Waals surface area contributed by atoms with Crippen molar-refractivity contribution in [3.63, 3.8) is 0 Å². The first-order valence-corrected chi connectivity index (χ1v) is 6.27. The highest BCUT2D eigenvalue weighted by Gasteiger charge is 2.16. The molecule has 1 heterocycles. The molecule has 90 valence electrons. The average molecular weight is 236 g/mol. The summed E-state index contributed by atoms with van der Waals surface area (Å²) in [6.45, 7) is 2.72. The molecule has 3 rings (SSSR count). The van der Waals surface area contributed by atoms with Crippen molar-refractivity contribution in [2.75, 3.05) is 13.2 Å². The topological polar surface area (TPSA) is 15.6 Å². The van der Waals surface area contributed by atoms with Gasteiger partial charge >= 0.3 is 0 Å². The summed E-state index contributed by atoms with van der Waals surface area (Å²) in [6, 6.07) is 21.0. The zero-order valence-corrected chi connectivity index (χ0v) is 10.3. The van der Waals surface area contributed by atoms with Crippen LogP contribution in [0.2, 0.25) is 0 Å². The maximum atomic E-state index is 4.63. The highest BCUT2D eigenvalue weighted by atomic mass is 15.2. The van der Waals surface area contributed by atoms with Gasteiger partial charge in [-0.3, -0.25) is 9.89 Å². The zero-order chi connectivity index (χ0) is 12.2. The lowest BCUT2D eigenvalue weighted by Crippen LogP contribution is -2.23.